The van der Waals surface area contributed by atoms with E-state index in [9.17, 15) is 4.21 Å². The van der Waals surface area contributed by atoms with E-state index in [0.717, 1.165) is 21.9 Å². The summed E-state index contributed by atoms with van der Waals surface area (Å²) < 4.78 is 18.5. The summed E-state index contributed by atoms with van der Waals surface area (Å²) in [5, 5.41) is 1.93. The number of hydrogen-bond donors (Lipinski definition) is 1. The number of benzene rings is 1. The van der Waals surface area contributed by atoms with Gasteiger partial charge in [-0.25, -0.2) is 0 Å². The molecule has 2 rings (SSSR count). The summed E-state index contributed by atoms with van der Waals surface area (Å²) in [5.41, 5.74) is 7.11. The Labute approximate surface area is 126 Å². The van der Waals surface area contributed by atoms with E-state index < -0.39 is 10.8 Å². The maximum Gasteiger partial charge on any atom is 0.119 e. The van der Waals surface area contributed by atoms with E-state index in [1.54, 1.807) is 0 Å². The first-order valence-corrected chi connectivity index (χ1v) is 8.80. The third-order valence-corrected chi connectivity index (χ3v) is 5.59. The molecular weight excluding hydrogens is 290 g/mol. The van der Waals surface area contributed by atoms with Crippen LogP contribution in [-0.4, -0.2) is 16.6 Å². The molecule has 0 aliphatic carbocycles. The van der Waals surface area contributed by atoms with Crippen molar-refractivity contribution in [3.63, 3.8) is 0 Å². The summed E-state index contributed by atoms with van der Waals surface area (Å²) >= 11 is 1.50. The Bertz CT molecular complexity index is 538. The minimum atomic E-state index is -1.03. The van der Waals surface area contributed by atoms with Crippen molar-refractivity contribution in [3.8, 4) is 5.75 Å². The zero-order chi connectivity index (χ0) is 14.4. The van der Waals surface area contributed by atoms with Gasteiger partial charge in [0.2, 0.25) is 0 Å². The number of thiophene rings is 1. The van der Waals surface area contributed by atoms with Crippen LogP contribution in [0.15, 0.2) is 46.0 Å². The molecule has 0 bridgehead atoms. The van der Waals surface area contributed by atoms with Crippen LogP contribution in [0.25, 0.3) is 0 Å². The normalized spacial score (nSPS) is 13.9. The fourth-order valence-corrected chi connectivity index (χ4v) is 3.93. The second-order valence-electron chi connectivity index (χ2n) is 4.47. The molecule has 1 aromatic heterocycles. The zero-order valence-electron chi connectivity index (χ0n) is 11.5. The van der Waals surface area contributed by atoms with E-state index in [-0.39, 0.29) is 6.04 Å². The molecule has 2 atom stereocenters. The molecule has 2 N–H and O–H groups in total. The first-order valence-electron chi connectivity index (χ1n) is 6.61. The van der Waals surface area contributed by atoms with Crippen LogP contribution in [0.4, 0.5) is 0 Å². The maximum atomic E-state index is 12.1. The van der Waals surface area contributed by atoms with Crippen molar-refractivity contribution in [3.05, 3.63) is 47.3 Å². The molecule has 0 spiro atoms. The zero-order valence-corrected chi connectivity index (χ0v) is 13.1. The third-order valence-electron chi connectivity index (χ3n) is 2.83. The predicted molar refractivity (Wildman–Crippen MR) is 84.8 cm³/mol. The molecule has 108 valence electrons. The molecule has 5 heteroatoms. The summed E-state index contributed by atoms with van der Waals surface area (Å²) in [6, 6.07) is 11.3. The van der Waals surface area contributed by atoms with Gasteiger partial charge in [0.1, 0.15) is 5.75 Å². The van der Waals surface area contributed by atoms with E-state index in [2.05, 4.69) is 6.92 Å². The second-order valence-corrected chi connectivity index (χ2v) is 7.14. The Morgan fingerprint density at radius 2 is 2.05 bits per heavy atom. The van der Waals surface area contributed by atoms with Crippen LogP contribution in [0.5, 0.6) is 5.75 Å². The Morgan fingerprint density at radius 1 is 1.30 bits per heavy atom. The van der Waals surface area contributed by atoms with Gasteiger partial charge >= 0.3 is 0 Å². The number of ether oxygens (including phenoxy) is 1. The highest BCUT2D eigenvalue weighted by atomic mass is 32.2. The Balaban J connectivity index is 1.95. The highest BCUT2D eigenvalue weighted by Crippen LogP contribution is 2.21. The summed E-state index contributed by atoms with van der Waals surface area (Å²) in [7, 11) is -1.03. The molecule has 1 heterocycles. The fourth-order valence-electron chi connectivity index (χ4n) is 1.77. The highest BCUT2D eigenvalue weighted by molar-refractivity contribution is 7.87. The molecule has 0 amide bonds. The van der Waals surface area contributed by atoms with Crippen molar-refractivity contribution in [2.24, 2.45) is 5.73 Å². The van der Waals surface area contributed by atoms with Crippen molar-refractivity contribution in [1.82, 2.24) is 0 Å². The highest BCUT2D eigenvalue weighted by Gasteiger charge is 2.13. The van der Waals surface area contributed by atoms with Crippen molar-refractivity contribution in [2.45, 2.75) is 23.6 Å². The van der Waals surface area contributed by atoms with Crippen molar-refractivity contribution in [1.29, 1.82) is 0 Å². The number of nitrogens with two attached hydrogens (primary N) is 1. The smallest absolute Gasteiger partial charge is 0.119 e. The molecule has 0 radical (unpaired) electrons. The van der Waals surface area contributed by atoms with Gasteiger partial charge in [-0.05, 0) is 35.6 Å². The van der Waals surface area contributed by atoms with Crippen molar-refractivity contribution >= 4 is 22.1 Å². The molecule has 1 aromatic carbocycles. The van der Waals surface area contributed by atoms with Gasteiger partial charge in [0.05, 0.1) is 21.6 Å². The van der Waals surface area contributed by atoms with Crippen LogP contribution in [0.1, 0.15) is 24.9 Å². The lowest BCUT2D eigenvalue weighted by Crippen LogP contribution is -2.18. The molecule has 0 aliphatic heterocycles. The van der Waals surface area contributed by atoms with Gasteiger partial charge < -0.3 is 10.5 Å². The lowest BCUT2D eigenvalue weighted by molar-refractivity contribution is 0.317. The van der Waals surface area contributed by atoms with Crippen LogP contribution in [0.3, 0.4) is 0 Å². The standard InChI is InChI=1S/C15H19NO2S2/c1-2-9-18-13-7-5-12(6-8-13)14(16)11-20(17)15-4-3-10-19-15/h3-8,10,14H,2,9,11,16H2,1H3. The molecule has 0 fully saturated rings. The Kier molecular flexibility index (Phi) is 5.76. The molecule has 0 saturated carbocycles. The second kappa shape index (κ2) is 7.57. The van der Waals surface area contributed by atoms with E-state index in [1.807, 2.05) is 41.8 Å². The van der Waals surface area contributed by atoms with E-state index in [1.165, 1.54) is 11.3 Å². The average Bonchev–Trinajstić information content (AvgIpc) is 3.00. The number of rotatable bonds is 7. The third kappa shape index (κ3) is 4.16. The van der Waals surface area contributed by atoms with Gasteiger partial charge in [-0.15, -0.1) is 11.3 Å². The molecule has 2 unspecified atom stereocenters. The first-order chi connectivity index (χ1) is 9.70. The van der Waals surface area contributed by atoms with Crippen LogP contribution in [0.2, 0.25) is 0 Å². The topological polar surface area (TPSA) is 52.3 Å². The van der Waals surface area contributed by atoms with Gasteiger partial charge in [-0.1, -0.05) is 25.1 Å². The lowest BCUT2D eigenvalue weighted by Gasteiger charge is -2.12. The average molecular weight is 309 g/mol. The van der Waals surface area contributed by atoms with Gasteiger partial charge in [-0.3, -0.25) is 4.21 Å². The minimum Gasteiger partial charge on any atom is -0.494 e. The summed E-state index contributed by atoms with van der Waals surface area (Å²) in [5.74, 6) is 1.29. The SMILES string of the molecule is CCCOc1ccc(C(N)CS(=O)c2cccs2)cc1. The molecule has 0 aliphatic rings. The molecule has 0 saturated heterocycles. The summed E-state index contributed by atoms with van der Waals surface area (Å²) in [4.78, 5) is 0. The molecule has 2 aromatic rings. The largest absolute Gasteiger partial charge is 0.494 e. The quantitative estimate of drug-likeness (QED) is 0.853. The Hall–Kier alpha value is -1.17. The van der Waals surface area contributed by atoms with Crippen LogP contribution >= 0.6 is 11.3 Å². The van der Waals surface area contributed by atoms with Crippen molar-refractivity contribution < 1.29 is 8.95 Å². The molecule has 20 heavy (non-hydrogen) atoms. The molecular formula is C15H19NO2S2. The maximum absolute atomic E-state index is 12.1. The van der Waals surface area contributed by atoms with Gasteiger partial charge in [0, 0.05) is 11.8 Å². The number of hydrogen-bond acceptors (Lipinski definition) is 4. The fraction of sp³-hybridized carbons (Fsp3) is 0.333. The Morgan fingerprint density at radius 3 is 2.65 bits per heavy atom. The minimum absolute atomic E-state index is 0.224. The van der Waals surface area contributed by atoms with Crippen LogP contribution in [0, 0.1) is 0 Å². The summed E-state index contributed by atoms with van der Waals surface area (Å²) in [6.45, 7) is 2.79. The van der Waals surface area contributed by atoms with Gasteiger partial charge in [0.15, 0.2) is 0 Å². The van der Waals surface area contributed by atoms with Crippen molar-refractivity contribution in [2.75, 3.05) is 12.4 Å². The van der Waals surface area contributed by atoms with Crippen LogP contribution < -0.4 is 10.5 Å². The van der Waals surface area contributed by atoms with E-state index in [0.29, 0.717) is 12.4 Å². The predicted octanol–water partition coefficient (Wildman–Crippen LogP) is 3.34. The monoisotopic (exact) mass is 309 g/mol. The van der Waals surface area contributed by atoms with Gasteiger partial charge in [0.25, 0.3) is 0 Å². The summed E-state index contributed by atoms with van der Waals surface area (Å²) in [6.07, 6.45) is 0.987. The lowest BCUT2D eigenvalue weighted by atomic mass is 10.1. The van der Waals surface area contributed by atoms with Crippen LogP contribution in [-0.2, 0) is 10.8 Å². The first kappa shape index (κ1) is 15.2. The van der Waals surface area contributed by atoms with Gasteiger partial charge in [-0.2, -0.15) is 0 Å². The van der Waals surface area contributed by atoms with E-state index >= 15 is 0 Å². The van der Waals surface area contributed by atoms with E-state index in [4.69, 9.17) is 10.5 Å². The molecule has 3 nitrogen and oxygen atoms in total.